The molecule has 0 bridgehead atoms. The highest BCUT2D eigenvalue weighted by Gasteiger charge is 2.26. The van der Waals surface area contributed by atoms with Gasteiger partial charge in [-0.2, -0.15) is 0 Å². The summed E-state index contributed by atoms with van der Waals surface area (Å²) in [6.45, 7) is 1.79. The maximum absolute atomic E-state index is 9.55. The zero-order chi connectivity index (χ0) is 20.5. The van der Waals surface area contributed by atoms with Crippen molar-refractivity contribution in [2.45, 2.75) is 6.10 Å². The van der Waals surface area contributed by atoms with E-state index in [0.717, 1.165) is 24.5 Å². The van der Waals surface area contributed by atoms with E-state index < -0.39 is 11.9 Å². The standard InChI is InChI=1S/C17H20N2O.C4H4O4/c1-18(2)12-15-13-19(14-8-4-3-5-9-14)16-10-6-7-11-17(16)20-15;5-3(6)1-2-4(7)8/h3-11,15H,12-13H2,1-2H3;1-2H,(H,5,6)(H,7,8). The molecule has 0 spiro atoms. The maximum atomic E-state index is 9.55. The Morgan fingerprint density at radius 2 is 1.61 bits per heavy atom. The fraction of sp³-hybridized carbons (Fsp3) is 0.238. The number of anilines is 2. The predicted octanol–water partition coefficient (Wildman–Crippen LogP) is 2.86. The lowest BCUT2D eigenvalue weighted by atomic mass is 10.1. The van der Waals surface area contributed by atoms with Crippen molar-refractivity contribution in [3.8, 4) is 5.75 Å². The van der Waals surface area contributed by atoms with Gasteiger partial charge in [0.25, 0.3) is 0 Å². The molecule has 28 heavy (non-hydrogen) atoms. The number of nitrogens with zero attached hydrogens (tertiary/aromatic N) is 2. The van der Waals surface area contributed by atoms with E-state index >= 15 is 0 Å². The van der Waals surface area contributed by atoms with Gasteiger partial charge in [-0.3, -0.25) is 0 Å². The summed E-state index contributed by atoms with van der Waals surface area (Å²) >= 11 is 0. The molecule has 3 rings (SSSR count). The summed E-state index contributed by atoms with van der Waals surface area (Å²) in [4.78, 5) is 23.6. The summed E-state index contributed by atoms with van der Waals surface area (Å²) < 4.78 is 6.11. The average molecular weight is 384 g/mol. The maximum Gasteiger partial charge on any atom is 0.328 e. The minimum Gasteiger partial charge on any atom is -0.485 e. The van der Waals surface area contributed by atoms with E-state index in [0.29, 0.717) is 12.2 Å². The van der Waals surface area contributed by atoms with Gasteiger partial charge in [-0.25, -0.2) is 9.59 Å². The first-order chi connectivity index (χ1) is 13.4. The number of para-hydroxylation sites is 3. The third-order valence-corrected chi connectivity index (χ3v) is 3.84. The van der Waals surface area contributed by atoms with Crippen molar-refractivity contribution in [1.82, 2.24) is 4.90 Å². The Kier molecular flexibility index (Phi) is 7.59. The molecule has 7 heteroatoms. The zero-order valence-corrected chi connectivity index (χ0v) is 15.9. The number of fused-ring (bicyclic) bond motifs is 1. The molecule has 0 saturated heterocycles. The van der Waals surface area contributed by atoms with E-state index in [4.69, 9.17) is 14.9 Å². The van der Waals surface area contributed by atoms with Crippen molar-refractivity contribution in [2.24, 2.45) is 0 Å². The summed E-state index contributed by atoms with van der Waals surface area (Å²) in [7, 11) is 4.16. The molecule has 0 aromatic heterocycles. The van der Waals surface area contributed by atoms with E-state index in [9.17, 15) is 9.59 Å². The number of hydrogen-bond donors (Lipinski definition) is 2. The van der Waals surface area contributed by atoms with E-state index in [1.54, 1.807) is 0 Å². The minimum atomic E-state index is -1.26. The predicted molar refractivity (Wildman–Crippen MR) is 107 cm³/mol. The SMILES string of the molecule is CN(C)CC1CN(c2ccccc2)c2ccccc2O1.O=C(O)C=CC(=O)O. The first-order valence-corrected chi connectivity index (χ1v) is 8.73. The van der Waals surface area contributed by atoms with Crippen LogP contribution in [0.1, 0.15) is 0 Å². The van der Waals surface area contributed by atoms with Gasteiger partial charge in [0, 0.05) is 24.4 Å². The van der Waals surface area contributed by atoms with Crippen molar-refractivity contribution in [3.63, 3.8) is 0 Å². The van der Waals surface area contributed by atoms with Crippen LogP contribution < -0.4 is 9.64 Å². The molecule has 1 atom stereocenters. The quantitative estimate of drug-likeness (QED) is 0.766. The molecule has 1 heterocycles. The highest BCUT2D eigenvalue weighted by Crippen LogP contribution is 2.37. The van der Waals surface area contributed by atoms with Crippen molar-refractivity contribution >= 4 is 23.3 Å². The van der Waals surface area contributed by atoms with Gasteiger partial charge in [-0.1, -0.05) is 30.3 Å². The minimum absolute atomic E-state index is 0.181. The molecule has 0 radical (unpaired) electrons. The van der Waals surface area contributed by atoms with E-state index in [2.05, 4.69) is 60.3 Å². The van der Waals surface area contributed by atoms with Gasteiger partial charge in [0.15, 0.2) is 0 Å². The van der Waals surface area contributed by atoms with Crippen LogP contribution in [-0.2, 0) is 9.59 Å². The van der Waals surface area contributed by atoms with Crippen LogP contribution in [0.2, 0.25) is 0 Å². The van der Waals surface area contributed by atoms with Gasteiger partial charge in [0.2, 0.25) is 0 Å². The molecule has 0 aliphatic carbocycles. The molecule has 0 saturated carbocycles. The molecular formula is C21H24N2O5. The molecule has 2 aromatic carbocycles. The molecule has 1 aliphatic heterocycles. The van der Waals surface area contributed by atoms with Crippen molar-refractivity contribution in [2.75, 3.05) is 32.1 Å². The van der Waals surface area contributed by atoms with E-state index in [1.165, 1.54) is 5.69 Å². The van der Waals surface area contributed by atoms with Crippen LogP contribution in [-0.4, -0.2) is 60.3 Å². The van der Waals surface area contributed by atoms with Crippen LogP contribution in [0.25, 0.3) is 0 Å². The summed E-state index contributed by atoms with van der Waals surface area (Å²) in [6, 6.07) is 18.8. The van der Waals surface area contributed by atoms with Gasteiger partial charge < -0.3 is 24.7 Å². The fourth-order valence-electron chi connectivity index (χ4n) is 2.80. The van der Waals surface area contributed by atoms with Crippen LogP contribution in [0.15, 0.2) is 66.7 Å². The van der Waals surface area contributed by atoms with Crippen LogP contribution in [0, 0.1) is 0 Å². The molecule has 7 nitrogen and oxygen atoms in total. The van der Waals surface area contributed by atoms with Gasteiger partial charge in [0.05, 0.1) is 12.2 Å². The number of hydrogen-bond acceptors (Lipinski definition) is 5. The van der Waals surface area contributed by atoms with Crippen LogP contribution in [0.3, 0.4) is 0 Å². The topological polar surface area (TPSA) is 90.3 Å². The second kappa shape index (κ2) is 10.1. The number of ether oxygens (including phenoxy) is 1. The molecule has 1 aliphatic rings. The number of carboxylic acids is 2. The lowest BCUT2D eigenvalue weighted by Gasteiger charge is -2.37. The van der Waals surface area contributed by atoms with Gasteiger partial charge in [-0.05, 0) is 38.4 Å². The Hall–Kier alpha value is -3.32. The molecule has 1 unspecified atom stereocenters. The van der Waals surface area contributed by atoms with Crippen LogP contribution in [0.5, 0.6) is 5.75 Å². The Morgan fingerprint density at radius 3 is 2.18 bits per heavy atom. The fourth-order valence-corrected chi connectivity index (χ4v) is 2.80. The Morgan fingerprint density at radius 1 is 1.04 bits per heavy atom. The Balaban J connectivity index is 0.000000300. The molecule has 2 aromatic rings. The second-order valence-electron chi connectivity index (χ2n) is 6.43. The summed E-state index contributed by atoms with van der Waals surface area (Å²) in [5.74, 6) is -1.55. The van der Waals surface area contributed by atoms with Crippen LogP contribution in [0.4, 0.5) is 11.4 Å². The van der Waals surface area contributed by atoms with Gasteiger partial charge in [-0.15, -0.1) is 0 Å². The largest absolute Gasteiger partial charge is 0.485 e. The summed E-state index contributed by atoms with van der Waals surface area (Å²) in [5, 5.41) is 15.6. The monoisotopic (exact) mass is 384 g/mol. The van der Waals surface area contributed by atoms with Crippen molar-refractivity contribution in [1.29, 1.82) is 0 Å². The number of benzene rings is 2. The zero-order valence-electron chi connectivity index (χ0n) is 15.9. The normalized spacial score (nSPS) is 15.4. The highest BCUT2D eigenvalue weighted by molar-refractivity contribution is 5.89. The number of rotatable bonds is 5. The molecule has 0 amide bonds. The molecule has 148 valence electrons. The third-order valence-electron chi connectivity index (χ3n) is 3.84. The summed E-state index contributed by atoms with van der Waals surface area (Å²) in [6.07, 6.45) is 1.30. The van der Waals surface area contributed by atoms with E-state index in [1.807, 2.05) is 18.2 Å². The molecule has 0 fully saturated rings. The second-order valence-corrected chi connectivity index (χ2v) is 6.43. The smallest absolute Gasteiger partial charge is 0.328 e. The number of aliphatic carboxylic acids is 2. The van der Waals surface area contributed by atoms with Crippen molar-refractivity contribution in [3.05, 3.63) is 66.7 Å². The number of carbonyl (C=O) groups is 2. The van der Waals surface area contributed by atoms with E-state index in [-0.39, 0.29) is 6.10 Å². The molecule has 2 N–H and O–H groups in total. The van der Waals surface area contributed by atoms with Crippen molar-refractivity contribution < 1.29 is 24.5 Å². The first kappa shape index (κ1) is 21.0. The van der Waals surface area contributed by atoms with Gasteiger partial charge in [0.1, 0.15) is 11.9 Å². The lowest BCUT2D eigenvalue weighted by Crippen LogP contribution is -2.43. The molecular weight excluding hydrogens is 360 g/mol. The Bertz CT molecular complexity index is 805. The first-order valence-electron chi connectivity index (χ1n) is 8.73. The van der Waals surface area contributed by atoms with Gasteiger partial charge >= 0.3 is 11.9 Å². The number of likely N-dealkylation sites (N-methyl/N-ethyl adjacent to an activating group) is 1. The summed E-state index contributed by atoms with van der Waals surface area (Å²) in [5.41, 5.74) is 2.36. The lowest BCUT2D eigenvalue weighted by molar-refractivity contribution is -0.134. The third kappa shape index (κ3) is 6.44. The Labute approximate surface area is 164 Å². The average Bonchev–Trinajstić information content (AvgIpc) is 2.66. The highest BCUT2D eigenvalue weighted by atomic mass is 16.5. The number of carboxylic acid groups (broad SMARTS) is 2. The van der Waals surface area contributed by atoms with Crippen LogP contribution >= 0.6 is 0 Å².